The van der Waals surface area contributed by atoms with Gasteiger partial charge >= 0.3 is 0 Å². The molecule has 4 nitrogen and oxygen atoms in total. The number of hydrogen-bond acceptors (Lipinski definition) is 4. The number of rotatable bonds is 2. The van der Waals surface area contributed by atoms with E-state index in [1.165, 1.54) is 12.1 Å². The standard InChI is InChI=1S/C14H15FN4/c15-12-3-1-10(2-4-12)11-6-8-19(9-11)14-17-7-5-13(16)18-14/h1-5,7,11H,6,8-9H2,(H2,16,17,18). The average Bonchev–Trinajstić information content (AvgIpc) is 2.89. The quantitative estimate of drug-likeness (QED) is 0.897. The molecule has 0 spiro atoms. The molecule has 1 aliphatic rings. The largest absolute Gasteiger partial charge is 0.384 e. The Bertz CT molecular complexity index is 570. The Kier molecular flexibility index (Phi) is 3.03. The number of nitrogens with two attached hydrogens (primary N) is 1. The lowest BCUT2D eigenvalue weighted by Gasteiger charge is -2.16. The van der Waals surface area contributed by atoms with Crippen LogP contribution in [0.3, 0.4) is 0 Å². The molecule has 2 aromatic rings. The highest BCUT2D eigenvalue weighted by molar-refractivity contribution is 5.40. The molecule has 1 aromatic heterocycles. The molecule has 19 heavy (non-hydrogen) atoms. The summed E-state index contributed by atoms with van der Waals surface area (Å²) >= 11 is 0. The van der Waals surface area contributed by atoms with Crippen molar-refractivity contribution in [3.63, 3.8) is 0 Å². The van der Waals surface area contributed by atoms with Crippen molar-refractivity contribution in [1.82, 2.24) is 9.97 Å². The Hall–Kier alpha value is -2.17. The number of hydrogen-bond donors (Lipinski definition) is 1. The fourth-order valence-corrected chi connectivity index (χ4v) is 2.46. The molecule has 1 aromatic carbocycles. The fourth-order valence-electron chi connectivity index (χ4n) is 2.46. The molecule has 0 aliphatic carbocycles. The van der Waals surface area contributed by atoms with Crippen LogP contribution in [0.2, 0.25) is 0 Å². The van der Waals surface area contributed by atoms with Crippen LogP contribution in [0, 0.1) is 5.82 Å². The zero-order valence-electron chi connectivity index (χ0n) is 10.5. The minimum atomic E-state index is -0.197. The molecule has 5 heteroatoms. The van der Waals surface area contributed by atoms with E-state index >= 15 is 0 Å². The van der Waals surface area contributed by atoms with Crippen molar-refractivity contribution in [2.24, 2.45) is 0 Å². The SMILES string of the molecule is Nc1ccnc(N2CCC(c3ccc(F)cc3)C2)n1. The van der Waals surface area contributed by atoms with E-state index in [1.54, 1.807) is 12.3 Å². The number of anilines is 2. The summed E-state index contributed by atoms with van der Waals surface area (Å²) in [5.41, 5.74) is 6.83. The summed E-state index contributed by atoms with van der Waals surface area (Å²) < 4.78 is 12.9. The number of aromatic nitrogens is 2. The van der Waals surface area contributed by atoms with Crippen LogP contribution >= 0.6 is 0 Å². The first-order valence-electron chi connectivity index (χ1n) is 6.31. The van der Waals surface area contributed by atoms with Gasteiger partial charge in [0.25, 0.3) is 0 Å². The first-order chi connectivity index (χ1) is 9.22. The molecule has 2 heterocycles. The van der Waals surface area contributed by atoms with Gasteiger partial charge in [0.05, 0.1) is 0 Å². The van der Waals surface area contributed by atoms with Crippen molar-refractivity contribution in [2.45, 2.75) is 12.3 Å². The second kappa shape index (κ2) is 4.84. The van der Waals surface area contributed by atoms with E-state index in [0.717, 1.165) is 25.1 Å². The highest BCUT2D eigenvalue weighted by Gasteiger charge is 2.25. The van der Waals surface area contributed by atoms with E-state index in [1.807, 2.05) is 12.1 Å². The monoisotopic (exact) mass is 258 g/mol. The van der Waals surface area contributed by atoms with Crippen molar-refractivity contribution < 1.29 is 4.39 Å². The third-order valence-corrected chi connectivity index (χ3v) is 3.48. The maximum atomic E-state index is 12.9. The maximum absolute atomic E-state index is 12.9. The summed E-state index contributed by atoms with van der Waals surface area (Å²) in [7, 11) is 0. The Morgan fingerprint density at radius 2 is 2.00 bits per heavy atom. The van der Waals surface area contributed by atoms with Gasteiger partial charge in [-0.1, -0.05) is 12.1 Å². The average molecular weight is 258 g/mol. The molecule has 1 saturated heterocycles. The molecule has 1 unspecified atom stereocenters. The van der Waals surface area contributed by atoms with Crippen LogP contribution in [0.5, 0.6) is 0 Å². The predicted molar refractivity (Wildman–Crippen MR) is 72.4 cm³/mol. The third-order valence-electron chi connectivity index (χ3n) is 3.48. The number of nitrogen functional groups attached to an aromatic ring is 1. The third kappa shape index (κ3) is 2.50. The van der Waals surface area contributed by atoms with Crippen LogP contribution in [-0.4, -0.2) is 23.1 Å². The van der Waals surface area contributed by atoms with Gasteiger partial charge in [-0.15, -0.1) is 0 Å². The van der Waals surface area contributed by atoms with Crippen LogP contribution in [0.15, 0.2) is 36.5 Å². The first kappa shape index (κ1) is 11.9. The van der Waals surface area contributed by atoms with Crippen LogP contribution in [0.4, 0.5) is 16.2 Å². The van der Waals surface area contributed by atoms with E-state index in [-0.39, 0.29) is 5.82 Å². The molecule has 0 radical (unpaired) electrons. The molecule has 2 N–H and O–H groups in total. The molecule has 1 atom stereocenters. The van der Waals surface area contributed by atoms with Crippen LogP contribution < -0.4 is 10.6 Å². The second-order valence-corrected chi connectivity index (χ2v) is 4.76. The second-order valence-electron chi connectivity index (χ2n) is 4.76. The Labute approximate surface area is 111 Å². The van der Waals surface area contributed by atoms with Crippen molar-refractivity contribution in [1.29, 1.82) is 0 Å². The first-order valence-corrected chi connectivity index (χ1v) is 6.31. The normalized spacial score (nSPS) is 18.8. The summed E-state index contributed by atoms with van der Waals surface area (Å²) in [4.78, 5) is 10.6. The van der Waals surface area contributed by atoms with E-state index in [4.69, 9.17) is 5.73 Å². The summed E-state index contributed by atoms with van der Waals surface area (Å²) in [6.45, 7) is 1.74. The molecule has 3 rings (SSSR count). The maximum Gasteiger partial charge on any atom is 0.227 e. The van der Waals surface area contributed by atoms with E-state index in [9.17, 15) is 4.39 Å². The van der Waals surface area contributed by atoms with Gasteiger partial charge < -0.3 is 10.6 Å². The highest BCUT2D eigenvalue weighted by Crippen LogP contribution is 2.29. The van der Waals surface area contributed by atoms with Gasteiger partial charge in [-0.3, -0.25) is 0 Å². The van der Waals surface area contributed by atoms with E-state index in [0.29, 0.717) is 17.7 Å². The number of nitrogens with zero attached hydrogens (tertiary/aromatic N) is 3. The van der Waals surface area contributed by atoms with Gasteiger partial charge in [0, 0.05) is 25.2 Å². The summed E-state index contributed by atoms with van der Waals surface area (Å²) in [5.74, 6) is 1.35. The lowest BCUT2D eigenvalue weighted by molar-refractivity contribution is 0.625. The lowest BCUT2D eigenvalue weighted by Crippen LogP contribution is -2.22. The summed E-state index contributed by atoms with van der Waals surface area (Å²) in [6.07, 6.45) is 2.69. The molecule has 0 bridgehead atoms. The molecule has 1 fully saturated rings. The van der Waals surface area contributed by atoms with Gasteiger partial charge in [-0.05, 0) is 30.2 Å². The van der Waals surface area contributed by atoms with Gasteiger partial charge in [-0.2, -0.15) is 4.98 Å². The minimum absolute atomic E-state index is 0.197. The van der Waals surface area contributed by atoms with Gasteiger partial charge in [0.1, 0.15) is 11.6 Å². The van der Waals surface area contributed by atoms with Crippen LogP contribution in [0.1, 0.15) is 17.9 Å². The Balaban J connectivity index is 1.75. The van der Waals surface area contributed by atoms with Crippen LogP contribution in [-0.2, 0) is 0 Å². The van der Waals surface area contributed by atoms with Crippen molar-refractivity contribution in [3.05, 3.63) is 47.9 Å². The van der Waals surface area contributed by atoms with E-state index < -0.39 is 0 Å². The van der Waals surface area contributed by atoms with Gasteiger partial charge in [0.2, 0.25) is 5.95 Å². The highest BCUT2D eigenvalue weighted by atomic mass is 19.1. The van der Waals surface area contributed by atoms with Crippen LogP contribution in [0.25, 0.3) is 0 Å². The van der Waals surface area contributed by atoms with Gasteiger partial charge in [-0.25, -0.2) is 9.37 Å². The van der Waals surface area contributed by atoms with Crippen molar-refractivity contribution >= 4 is 11.8 Å². The smallest absolute Gasteiger partial charge is 0.227 e. The topological polar surface area (TPSA) is 55.0 Å². The van der Waals surface area contributed by atoms with Crippen molar-refractivity contribution in [2.75, 3.05) is 23.7 Å². The Morgan fingerprint density at radius 1 is 1.21 bits per heavy atom. The number of benzene rings is 1. The zero-order valence-corrected chi connectivity index (χ0v) is 10.5. The fraction of sp³-hybridized carbons (Fsp3) is 0.286. The zero-order chi connectivity index (χ0) is 13.2. The molecular weight excluding hydrogens is 243 g/mol. The molecular formula is C14H15FN4. The summed E-state index contributed by atoms with van der Waals surface area (Å²) in [5, 5.41) is 0. The molecule has 0 amide bonds. The van der Waals surface area contributed by atoms with Crippen molar-refractivity contribution in [3.8, 4) is 0 Å². The predicted octanol–water partition coefficient (Wildman–Crippen LogP) is 2.19. The summed E-state index contributed by atoms with van der Waals surface area (Å²) in [6, 6.07) is 8.40. The molecule has 98 valence electrons. The molecule has 1 aliphatic heterocycles. The number of halogens is 1. The minimum Gasteiger partial charge on any atom is -0.384 e. The lowest BCUT2D eigenvalue weighted by atomic mass is 9.99. The molecule has 0 saturated carbocycles. The van der Waals surface area contributed by atoms with Gasteiger partial charge in [0.15, 0.2) is 0 Å². The van der Waals surface area contributed by atoms with E-state index in [2.05, 4.69) is 14.9 Å². The Morgan fingerprint density at radius 3 is 2.74 bits per heavy atom.